The molecule has 1 aliphatic heterocycles. The van der Waals surface area contributed by atoms with Gasteiger partial charge in [0.2, 0.25) is 31.8 Å². The molecule has 0 spiro atoms. The van der Waals surface area contributed by atoms with E-state index in [1.165, 1.54) is 37.2 Å². The number of amides is 2. The minimum atomic E-state index is -3.97. The Bertz CT molecular complexity index is 3380. The molecule has 0 radical (unpaired) electrons. The van der Waals surface area contributed by atoms with E-state index in [1.54, 1.807) is 37.9 Å². The molecular formula is C50H59F2N13O9S4. The average molecular weight is 1150 g/mol. The lowest BCUT2D eigenvalue weighted by molar-refractivity contribution is -0.0544. The van der Waals surface area contributed by atoms with Gasteiger partial charge >= 0.3 is 0 Å². The molecule has 1 aromatic carbocycles. The summed E-state index contributed by atoms with van der Waals surface area (Å²) < 4.78 is 107. The second kappa shape index (κ2) is 23.9. The van der Waals surface area contributed by atoms with Crippen molar-refractivity contribution >= 4 is 65.9 Å². The molecule has 9 rings (SSSR count). The number of hydrogen-bond acceptors (Lipinski definition) is 20. The van der Waals surface area contributed by atoms with Crippen molar-refractivity contribution in [3.63, 3.8) is 0 Å². The highest BCUT2D eigenvalue weighted by Crippen LogP contribution is 2.36. The number of hydrogen-bond donors (Lipinski definition) is 4. The van der Waals surface area contributed by atoms with Crippen LogP contribution in [0.5, 0.6) is 11.8 Å². The Kier molecular flexibility index (Phi) is 17.2. The molecule has 3 aliphatic rings. The number of anilines is 2. The first-order valence-corrected chi connectivity index (χ1v) is 30.0. The van der Waals surface area contributed by atoms with Gasteiger partial charge in [0, 0.05) is 49.7 Å². The zero-order valence-corrected chi connectivity index (χ0v) is 46.6. The third-order valence-electron chi connectivity index (χ3n) is 13.0. The number of carbonyl (C=O) groups is 2. The number of rotatable bonds is 25. The number of carbonyl (C=O) groups excluding carboxylic acids is 2. The van der Waals surface area contributed by atoms with Crippen molar-refractivity contribution in [1.29, 1.82) is 0 Å². The monoisotopic (exact) mass is 1150 g/mol. The highest BCUT2D eigenvalue weighted by Gasteiger charge is 2.39. The zero-order valence-electron chi connectivity index (χ0n) is 43.4. The normalized spacial score (nSPS) is 16.6. The van der Waals surface area contributed by atoms with Crippen molar-refractivity contribution in [3.05, 3.63) is 100 Å². The minimum Gasteiger partial charge on any atom is -0.477 e. The lowest BCUT2D eigenvalue weighted by Crippen LogP contribution is -2.55. The van der Waals surface area contributed by atoms with E-state index in [0.717, 1.165) is 34.8 Å². The maximum absolute atomic E-state index is 16.7. The Morgan fingerprint density at radius 3 is 2.17 bits per heavy atom. The first-order chi connectivity index (χ1) is 37.3. The SMILES string of the molecule is CCOc1cncc(-c2cnc(C(=O)NC(CCN(C)Cc3nc(C(=O)NC(CN4CCOCC4(C)C)c4cc(NS(=O)(=O)C5CC5)ccn4)sc3-c3cncc(OCC)n3)c3c(F)ccc(NS(=O)(=O)C4CC4)c3F)s2)n1. The molecule has 2 atom stereocenters. The van der Waals surface area contributed by atoms with E-state index < -0.39 is 82.9 Å². The van der Waals surface area contributed by atoms with Crippen LogP contribution in [0, 0.1) is 11.6 Å². The summed E-state index contributed by atoms with van der Waals surface area (Å²) in [6.45, 7) is 10.2. The number of benzene rings is 1. The summed E-state index contributed by atoms with van der Waals surface area (Å²) in [5.41, 5.74) is 0.373. The molecular weight excluding hydrogens is 1090 g/mol. The van der Waals surface area contributed by atoms with Crippen molar-refractivity contribution in [2.45, 2.75) is 94.5 Å². The second-order valence-electron chi connectivity index (χ2n) is 19.6. The minimum absolute atomic E-state index is 0.0420. The van der Waals surface area contributed by atoms with Crippen LogP contribution in [0.1, 0.15) is 108 Å². The van der Waals surface area contributed by atoms with E-state index in [4.69, 9.17) is 19.2 Å². The van der Waals surface area contributed by atoms with Crippen molar-refractivity contribution in [2.24, 2.45) is 0 Å². The topological polar surface area (TPSA) is 275 Å². The van der Waals surface area contributed by atoms with Gasteiger partial charge in [-0.15, -0.1) is 22.7 Å². The number of thiazole rings is 2. The van der Waals surface area contributed by atoms with Gasteiger partial charge in [-0.3, -0.25) is 38.9 Å². The summed E-state index contributed by atoms with van der Waals surface area (Å²) in [6.07, 6.45) is 10.6. The van der Waals surface area contributed by atoms with Gasteiger partial charge in [-0.05, 0) is 91.1 Å². The fourth-order valence-electron chi connectivity index (χ4n) is 8.60. The molecule has 6 heterocycles. The largest absolute Gasteiger partial charge is 0.477 e. The van der Waals surface area contributed by atoms with E-state index in [1.807, 2.05) is 13.8 Å². The number of sulfonamides is 2. The Morgan fingerprint density at radius 1 is 0.833 bits per heavy atom. The van der Waals surface area contributed by atoms with Crippen LogP contribution in [-0.4, -0.2) is 142 Å². The predicted molar refractivity (Wildman–Crippen MR) is 288 cm³/mol. The van der Waals surface area contributed by atoms with E-state index in [-0.39, 0.29) is 41.3 Å². The number of nitrogens with zero attached hydrogens (tertiary/aromatic N) is 9. The third kappa shape index (κ3) is 13.7. The van der Waals surface area contributed by atoms with Gasteiger partial charge in [0.15, 0.2) is 15.8 Å². The van der Waals surface area contributed by atoms with Crippen molar-refractivity contribution in [1.82, 2.24) is 55.3 Å². The van der Waals surface area contributed by atoms with E-state index in [9.17, 15) is 26.4 Å². The molecule has 2 amide bonds. The van der Waals surface area contributed by atoms with Crippen LogP contribution in [0.3, 0.4) is 0 Å². The van der Waals surface area contributed by atoms with Crippen LogP contribution in [0.25, 0.3) is 21.1 Å². The van der Waals surface area contributed by atoms with Crippen LogP contribution < -0.4 is 29.6 Å². The maximum atomic E-state index is 16.7. The summed E-state index contributed by atoms with van der Waals surface area (Å²) in [6, 6.07) is 2.98. The molecule has 1 saturated heterocycles. The van der Waals surface area contributed by atoms with Crippen LogP contribution in [0.2, 0.25) is 0 Å². The first-order valence-electron chi connectivity index (χ1n) is 25.3. The standard InChI is InChI=1S/C50H59F2N13O9S4/c1-6-73-41-24-53-21-36(57-41)40-23-56-48(75-40)46(66)59-33(43-32(51)12-13-34(44(43)52)63-78(70,71)31-10-11-31)15-17-64(5)26-39-45(37-22-54-25-42(58-37)74-7-2)76-49(61-39)47(67)60-38(27-65-18-19-72-28-50(65,3)4)35-20-29(14-16-55-35)62-77(68,69)30-8-9-30/h12-14,16,20-25,30-31,33,38,63H,6-11,15,17-19,26-28H2,1-5H3,(H,55,62)(H,59,66)(H,60,67). The summed E-state index contributed by atoms with van der Waals surface area (Å²) in [5.74, 6) is -3.05. The molecule has 6 aromatic rings. The fraction of sp³-hybridized carbons (Fsp3) is 0.460. The third-order valence-corrected chi connectivity index (χ3v) is 18.8. The number of morpholine rings is 1. The van der Waals surface area contributed by atoms with E-state index in [0.29, 0.717) is 103 Å². The number of pyridine rings is 1. The van der Waals surface area contributed by atoms with Gasteiger partial charge in [-0.25, -0.2) is 45.6 Å². The molecule has 3 fully saturated rings. The molecule has 2 saturated carbocycles. The van der Waals surface area contributed by atoms with Crippen LogP contribution >= 0.6 is 22.7 Å². The highest BCUT2D eigenvalue weighted by molar-refractivity contribution is 7.93. The molecule has 2 aliphatic carbocycles. The van der Waals surface area contributed by atoms with Crippen molar-refractivity contribution in [2.75, 3.05) is 62.6 Å². The van der Waals surface area contributed by atoms with Gasteiger partial charge in [0.1, 0.15) is 17.2 Å². The molecule has 22 nitrogen and oxygen atoms in total. The van der Waals surface area contributed by atoms with Crippen molar-refractivity contribution < 1.29 is 49.4 Å². The predicted octanol–water partition coefficient (Wildman–Crippen LogP) is 6.37. The molecule has 0 bridgehead atoms. The van der Waals surface area contributed by atoms with Crippen LogP contribution in [0.15, 0.2) is 61.4 Å². The van der Waals surface area contributed by atoms with E-state index >= 15 is 8.78 Å². The highest BCUT2D eigenvalue weighted by atomic mass is 32.2. The fourth-order valence-corrected chi connectivity index (χ4v) is 13.1. The lowest BCUT2D eigenvalue weighted by atomic mass is 10.0. The second-order valence-corrected chi connectivity index (χ2v) is 25.5. The summed E-state index contributed by atoms with van der Waals surface area (Å²) in [5, 5.41) is 4.70. The van der Waals surface area contributed by atoms with Gasteiger partial charge in [-0.2, -0.15) is 0 Å². The number of halogens is 2. The van der Waals surface area contributed by atoms with Crippen LogP contribution in [-0.2, 0) is 31.3 Å². The Balaban J connectivity index is 1.00. The summed E-state index contributed by atoms with van der Waals surface area (Å²) >= 11 is 2.03. The van der Waals surface area contributed by atoms with E-state index in [2.05, 4.69) is 54.9 Å². The van der Waals surface area contributed by atoms with Gasteiger partial charge in [-0.1, -0.05) is 0 Å². The summed E-state index contributed by atoms with van der Waals surface area (Å²) in [7, 11) is -5.87. The van der Waals surface area contributed by atoms with Crippen molar-refractivity contribution in [3.8, 4) is 32.9 Å². The van der Waals surface area contributed by atoms with Gasteiger partial charge < -0.3 is 29.7 Å². The molecule has 5 aromatic heterocycles. The van der Waals surface area contributed by atoms with Gasteiger partial charge in [0.05, 0.1) is 106 Å². The number of aromatic nitrogens is 7. The quantitative estimate of drug-likeness (QED) is 0.0485. The maximum Gasteiger partial charge on any atom is 0.280 e. The molecule has 28 heteroatoms. The Hall–Kier alpha value is -6.43. The number of ether oxygens (including phenoxy) is 3. The Morgan fingerprint density at radius 2 is 1.49 bits per heavy atom. The smallest absolute Gasteiger partial charge is 0.280 e. The number of nitrogens with one attached hydrogen (secondary N) is 4. The average Bonchev–Trinajstić information content (AvgIpc) is 4.36. The Labute approximate surface area is 458 Å². The summed E-state index contributed by atoms with van der Waals surface area (Å²) in [4.78, 5) is 64.9. The first kappa shape index (κ1) is 56.3. The molecule has 78 heavy (non-hydrogen) atoms. The molecule has 416 valence electrons. The van der Waals surface area contributed by atoms with Crippen LogP contribution in [0.4, 0.5) is 20.2 Å². The zero-order chi connectivity index (χ0) is 55.4. The van der Waals surface area contributed by atoms with Gasteiger partial charge in [0.25, 0.3) is 11.8 Å². The molecule has 4 N–H and O–H groups in total. The lowest BCUT2D eigenvalue weighted by Gasteiger charge is -2.43. The molecule has 2 unspecified atom stereocenters.